The summed E-state index contributed by atoms with van der Waals surface area (Å²) in [7, 11) is 0. The normalized spacial score (nSPS) is 12.8. The summed E-state index contributed by atoms with van der Waals surface area (Å²) in [4.78, 5) is 0. The van der Waals surface area contributed by atoms with Crippen molar-refractivity contribution in [2.45, 2.75) is 12.5 Å². The maximum Gasteiger partial charge on any atom is 0.573 e. The molecule has 0 aliphatic heterocycles. The Kier molecular flexibility index (Phi) is 7.29. The quantitative estimate of drug-likeness (QED) is 0.258. The van der Waals surface area contributed by atoms with Crippen molar-refractivity contribution in [1.29, 1.82) is 0 Å². The van der Waals surface area contributed by atoms with Crippen LogP contribution in [0.1, 0.15) is 11.1 Å². The summed E-state index contributed by atoms with van der Waals surface area (Å²) in [6, 6.07) is 15.3. The molecule has 10 heteroatoms. The van der Waals surface area contributed by atoms with Crippen LogP contribution in [0.2, 0.25) is 0 Å². The van der Waals surface area contributed by atoms with Gasteiger partial charge in [-0.2, -0.15) is 13.2 Å². The van der Waals surface area contributed by atoms with E-state index in [9.17, 15) is 35.1 Å². The summed E-state index contributed by atoms with van der Waals surface area (Å²) in [5, 5.41) is 0. The van der Waals surface area contributed by atoms with Crippen LogP contribution < -0.4 is 9.47 Å². The number of benzene rings is 3. The second-order valence-corrected chi connectivity index (χ2v) is 6.74. The van der Waals surface area contributed by atoms with E-state index in [0.717, 1.165) is 6.08 Å². The number of hydrogen-bond acceptors (Lipinski definition) is 2. The Bertz CT molecular complexity index is 1170. The Morgan fingerprint density at radius 3 is 1.94 bits per heavy atom. The highest BCUT2D eigenvalue weighted by atomic mass is 19.4. The summed E-state index contributed by atoms with van der Waals surface area (Å²) in [6.45, 7) is 0. The van der Waals surface area contributed by atoms with Gasteiger partial charge in [0.2, 0.25) is 5.75 Å². The predicted molar refractivity (Wildman–Crippen MR) is 109 cm³/mol. The second kappa shape index (κ2) is 9.98. The highest BCUT2D eigenvalue weighted by Gasteiger charge is 2.37. The first-order valence-corrected chi connectivity index (χ1v) is 9.46. The molecule has 0 aliphatic rings. The monoisotopic (exact) mass is 486 g/mol. The number of ether oxygens (including phenoxy) is 2. The third kappa shape index (κ3) is 6.84. The fraction of sp³-hybridized carbons (Fsp3) is 0.0833. The van der Waals surface area contributed by atoms with Gasteiger partial charge >= 0.3 is 12.5 Å². The number of hydrogen-bond donors (Lipinski definition) is 0. The van der Waals surface area contributed by atoms with E-state index in [0.29, 0.717) is 23.1 Å². The number of allylic oxidation sites excluding steroid dienone is 3. The van der Waals surface area contributed by atoms with Crippen LogP contribution in [0, 0.1) is 11.6 Å². The first-order chi connectivity index (χ1) is 15.9. The molecule has 178 valence electrons. The van der Waals surface area contributed by atoms with Crippen LogP contribution in [0.4, 0.5) is 35.1 Å². The molecule has 0 heterocycles. The molecule has 3 aromatic carbocycles. The summed E-state index contributed by atoms with van der Waals surface area (Å²) in [6.07, 6.45) is -7.66. The minimum absolute atomic E-state index is 0.117. The largest absolute Gasteiger partial charge is 0.573 e. The first-order valence-electron chi connectivity index (χ1n) is 9.46. The molecule has 0 radical (unpaired) electrons. The number of para-hydroxylation sites is 1. The highest BCUT2D eigenvalue weighted by molar-refractivity contribution is 5.73. The van der Waals surface area contributed by atoms with Crippen molar-refractivity contribution in [3.63, 3.8) is 0 Å². The van der Waals surface area contributed by atoms with Gasteiger partial charge in [-0.1, -0.05) is 42.5 Å². The second-order valence-electron chi connectivity index (χ2n) is 6.74. The highest BCUT2D eigenvalue weighted by Crippen LogP contribution is 2.37. The Labute approximate surface area is 188 Å². The van der Waals surface area contributed by atoms with Gasteiger partial charge in [0, 0.05) is 0 Å². The lowest BCUT2D eigenvalue weighted by atomic mass is 10.0. The van der Waals surface area contributed by atoms with Crippen LogP contribution in [0.5, 0.6) is 17.2 Å². The number of alkyl halides is 6. The lowest BCUT2D eigenvalue weighted by Crippen LogP contribution is -2.19. The van der Waals surface area contributed by atoms with Gasteiger partial charge in [0.25, 0.3) is 0 Å². The summed E-state index contributed by atoms with van der Waals surface area (Å²) < 4.78 is 114. The zero-order valence-corrected chi connectivity index (χ0v) is 16.9. The molecule has 0 amide bonds. The molecule has 0 atom stereocenters. The molecule has 0 spiro atoms. The molecule has 2 nitrogen and oxygen atoms in total. The zero-order chi connectivity index (χ0) is 24.9. The van der Waals surface area contributed by atoms with Crippen LogP contribution in [0.25, 0.3) is 11.6 Å². The number of rotatable bonds is 6. The lowest BCUT2D eigenvalue weighted by Gasteiger charge is -2.15. The van der Waals surface area contributed by atoms with Crippen molar-refractivity contribution >= 4 is 11.6 Å². The molecule has 34 heavy (non-hydrogen) atoms. The Hall–Kier alpha value is -3.82. The van der Waals surface area contributed by atoms with Crippen LogP contribution in [0.15, 0.2) is 78.9 Å². The average Bonchev–Trinajstić information content (AvgIpc) is 2.73. The van der Waals surface area contributed by atoms with E-state index in [1.54, 1.807) is 54.6 Å². The van der Waals surface area contributed by atoms with Crippen molar-refractivity contribution < 1.29 is 44.6 Å². The smallest absolute Gasteiger partial charge is 0.457 e. The van der Waals surface area contributed by atoms with Crippen molar-refractivity contribution in [2.75, 3.05) is 0 Å². The molecule has 0 aliphatic carbocycles. The molecule has 0 saturated heterocycles. The SMILES string of the molecule is Fc1cc(C(=CC=Cc2cccc(Oc3ccccc3)c2)C(F)(F)F)cc(F)c1OC(F)(F)F. The molecule has 0 N–H and O–H groups in total. The van der Waals surface area contributed by atoms with Gasteiger partial charge in [-0.15, -0.1) is 13.2 Å². The molecular weight excluding hydrogens is 472 g/mol. The summed E-state index contributed by atoms with van der Waals surface area (Å²) in [5.41, 5.74) is -2.03. The summed E-state index contributed by atoms with van der Waals surface area (Å²) >= 11 is 0. The van der Waals surface area contributed by atoms with Gasteiger partial charge in [0.05, 0.1) is 5.57 Å². The van der Waals surface area contributed by atoms with Crippen LogP contribution in [-0.2, 0) is 0 Å². The van der Waals surface area contributed by atoms with E-state index in [1.807, 2.05) is 0 Å². The average molecular weight is 486 g/mol. The van der Waals surface area contributed by atoms with E-state index in [2.05, 4.69) is 4.74 Å². The lowest BCUT2D eigenvalue weighted by molar-refractivity contribution is -0.276. The Morgan fingerprint density at radius 2 is 1.35 bits per heavy atom. The molecule has 0 bridgehead atoms. The molecule has 3 aromatic rings. The van der Waals surface area contributed by atoms with Gasteiger partial charge in [0.15, 0.2) is 11.6 Å². The standard InChI is InChI=1S/C24H14F8O2/c25-20-13-16(14-21(26)22(20)34-24(30,31)32)19(23(27,28)29)11-5-7-15-6-4-10-18(12-15)33-17-8-2-1-3-9-17/h1-14H. The van der Waals surface area contributed by atoms with Crippen molar-refractivity contribution in [1.82, 2.24) is 0 Å². The van der Waals surface area contributed by atoms with Crippen LogP contribution in [0.3, 0.4) is 0 Å². The third-order valence-electron chi connectivity index (χ3n) is 4.22. The van der Waals surface area contributed by atoms with E-state index < -0.39 is 41.1 Å². The Balaban J connectivity index is 1.88. The fourth-order valence-electron chi connectivity index (χ4n) is 2.84. The third-order valence-corrected chi connectivity index (χ3v) is 4.22. The summed E-state index contributed by atoms with van der Waals surface area (Å²) in [5.74, 6) is -4.75. The fourth-order valence-corrected chi connectivity index (χ4v) is 2.84. The van der Waals surface area contributed by atoms with E-state index in [4.69, 9.17) is 4.74 Å². The van der Waals surface area contributed by atoms with E-state index in [1.165, 1.54) is 6.08 Å². The predicted octanol–water partition coefficient (Wildman–Crippen LogP) is 8.31. The molecule has 0 unspecified atom stereocenters. The van der Waals surface area contributed by atoms with Gasteiger partial charge in [0.1, 0.15) is 11.5 Å². The van der Waals surface area contributed by atoms with Gasteiger partial charge in [-0.25, -0.2) is 8.78 Å². The molecule has 3 rings (SSSR count). The maximum absolute atomic E-state index is 13.9. The van der Waals surface area contributed by atoms with E-state index in [-0.39, 0.29) is 12.1 Å². The van der Waals surface area contributed by atoms with Gasteiger partial charge < -0.3 is 9.47 Å². The van der Waals surface area contributed by atoms with Crippen LogP contribution >= 0.6 is 0 Å². The minimum Gasteiger partial charge on any atom is -0.457 e. The van der Waals surface area contributed by atoms with E-state index >= 15 is 0 Å². The molecule has 0 fully saturated rings. The molecule has 0 aromatic heterocycles. The molecular formula is C24H14F8O2. The first kappa shape index (κ1) is 24.8. The Morgan fingerprint density at radius 1 is 0.735 bits per heavy atom. The minimum atomic E-state index is -5.42. The van der Waals surface area contributed by atoms with Crippen molar-refractivity contribution in [3.8, 4) is 17.2 Å². The number of halogens is 8. The van der Waals surface area contributed by atoms with Crippen LogP contribution in [-0.4, -0.2) is 12.5 Å². The zero-order valence-electron chi connectivity index (χ0n) is 16.9. The van der Waals surface area contributed by atoms with Gasteiger partial charge in [-0.05, 0) is 53.6 Å². The van der Waals surface area contributed by atoms with Gasteiger partial charge in [-0.3, -0.25) is 0 Å². The maximum atomic E-state index is 13.9. The van der Waals surface area contributed by atoms with Crippen molar-refractivity contribution in [2.24, 2.45) is 0 Å². The van der Waals surface area contributed by atoms with Crippen molar-refractivity contribution in [3.05, 3.63) is 102 Å². The molecule has 0 saturated carbocycles. The topological polar surface area (TPSA) is 18.5 Å².